The molecule has 2 nitrogen and oxygen atoms in total. The van der Waals surface area contributed by atoms with Gasteiger partial charge in [0.1, 0.15) is 5.82 Å². The zero-order valence-corrected chi connectivity index (χ0v) is 14.6. The molecule has 1 heterocycles. The van der Waals surface area contributed by atoms with Crippen molar-refractivity contribution < 1.29 is 4.39 Å². The number of nitrogens with zero attached hydrogens (tertiary/aromatic N) is 1. The Kier molecular flexibility index (Phi) is 6.65. The molecule has 1 saturated heterocycles. The van der Waals surface area contributed by atoms with Crippen molar-refractivity contribution >= 4 is 15.9 Å². The maximum absolute atomic E-state index is 13.9. The third-order valence-electron chi connectivity index (χ3n) is 4.44. The molecule has 1 aliphatic rings. The van der Waals surface area contributed by atoms with E-state index in [1.807, 2.05) is 19.1 Å². The molecule has 0 amide bonds. The minimum Gasteiger partial charge on any atom is -0.310 e. The van der Waals surface area contributed by atoms with Crippen LogP contribution in [0.1, 0.15) is 51.1 Å². The van der Waals surface area contributed by atoms with Crippen molar-refractivity contribution in [2.45, 2.75) is 51.6 Å². The molecule has 21 heavy (non-hydrogen) atoms. The van der Waals surface area contributed by atoms with Crippen LogP contribution in [0.2, 0.25) is 0 Å². The molecule has 1 aromatic carbocycles. The van der Waals surface area contributed by atoms with Gasteiger partial charge in [-0.05, 0) is 64.9 Å². The first kappa shape index (κ1) is 16.9. The molecular formula is C17H26BrFN2. The molecule has 1 aromatic rings. The van der Waals surface area contributed by atoms with E-state index in [2.05, 4.69) is 33.1 Å². The number of piperidine rings is 1. The molecule has 2 atom stereocenters. The second-order valence-corrected chi connectivity index (χ2v) is 6.99. The lowest BCUT2D eigenvalue weighted by atomic mass is 10.0. The number of rotatable bonds is 6. The number of hydrogen-bond donors (Lipinski definition) is 1. The summed E-state index contributed by atoms with van der Waals surface area (Å²) in [6.07, 6.45) is 5.15. The van der Waals surface area contributed by atoms with Crippen LogP contribution < -0.4 is 5.32 Å². The number of benzene rings is 1. The molecule has 1 N–H and O–H groups in total. The predicted molar refractivity (Wildman–Crippen MR) is 90.0 cm³/mol. The zero-order valence-electron chi connectivity index (χ0n) is 13.0. The summed E-state index contributed by atoms with van der Waals surface area (Å²) in [5.41, 5.74) is 0.740. The number of halogens is 2. The first-order chi connectivity index (χ1) is 10.1. The van der Waals surface area contributed by atoms with Crippen molar-refractivity contribution in [2.24, 2.45) is 0 Å². The summed E-state index contributed by atoms with van der Waals surface area (Å²) in [5.74, 6) is -0.144. The van der Waals surface area contributed by atoms with E-state index >= 15 is 0 Å². The van der Waals surface area contributed by atoms with E-state index in [1.165, 1.54) is 31.9 Å². The molecule has 4 heteroatoms. The first-order valence-corrected chi connectivity index (χ1v) is 8.79. The van der Waals surface area contributed by atoms with Crippen LogP contribution in [-0.2, 0) is 0 Å². The van der Waals surface area contributed by atoms with Gasteiger partial charge in [-0.3, -0.25) is 0 Å². The highest BCUT2D eigenvalue weighted by Gasteiger charge is 2.17. The van der Waals surface area contributed by atoms with Crippen LogP contribution in [0.15, 0.2) is 22.7 Å². The molecule has 0 radical (unpaired) electrons. The van der Waals surface area contributed by atoms with Crippen LogP contribution in [0.4, 0.5) is 4.39 Å². The van der Waals surface area contributed by atoms with Gasteiger partial charge in [-0.25, -0.2) is 4.39 Å². The van der Waals surface area contributed by atoms with E-state index in [-0.39, 0.29) is 11.9 Å². The Hall–Kier alpha value is -0.450. The Morgan fingerprint density at radius 2 is 2.24 bits per heavy atom. The van der Waals surface area contributed by atoms with Gasteiger partial charge in [-0.1, -0.05) is 28.4 Å². The second-order valence-electron chi connectivity index (χ2n) is 6.08. The molecule has 0 saturated carbocycles. The average molecular weight is 357 g/mol. The third kappa shape index (κ3) is 5.04. The van der Waals surface area contributed by atoms with Gasteiger partial charge in [0.2, 0.25) is 0 Å². The number of likely N-dealkylation sites (tertiary alicyclic amines) is 1. The molecule has 0 aliphatic carbocycles. The van der Waals surface area contributed by atoms with Gasteiger partial charge in [0.15, 0.2) is 0 Å². The number of nitrogens with one attached hydrogen (secondary N) is 1. The number of hydrogen-bond acceptors (Lipinski definition) is 2. The Labute approximate surface area is 136 Å². The Morgan fingerprint density at radius 1 is 1.43 bits per heavy atom. The van der Waals surface area contributed by atoms with Gasteiger partial charge < -0.3 is 10.2 Å². The lowest BCUT2D eigenvalue weighted by Crippen LogP contribution is -2.39. The van der Waals surface area contributed by atoms with Crippen LogP contribution in [0.25, 0.3) is 0 Å². The fraction of sp³-hybridized carbons (Fsp3) is 0.647. The highest BCUT2D eigenvalue weighted by molar-refractivity contribution is 9.10. The molecule has 2 rings (SSSR count). The van der Waals surface area contributed by atoms with Gasteiger partial charge in [-0.2, -0.15) is 0 Å². The summed E-state index contributed by atoms with van der Waals surface area (Å²) < 4.78 is 14.7. The van der Waals surface area contributed by atoms with Crippen LogP contribution >= 0.6 is 15.9 Å². The summed E-state index contributed by atoms with van der Waals surface area (Å²) in [6.45, 7) is 7.66. The SMILES string of the molecule is CC(NCCCN1CCCCC1C)c1ccc(Br)cc1F. The van der Waals surface area contributed by atoms with E-state index in [0.717, 1.165) is 35.6 Å². The normalized spacial score (nSPS) is 21.4. The standard InChI is InChI=1S/C17H26BrFN2/c1-13-6-3-4-10-21(13)11-5-9-20-14(2)16-8-7-15(18)12-17(16)19/h7-8,12-14,20H,3-6,9-11H2,1-2H3. The Bertz CT molecular complexity index is 452. The van der Waals surface area contributed by atoms with Crippen molar-refractivity contribution in [1.82, 2.24) is 10.2 Å². The summed E-state index contributed by atoms with van der Waals surface area (Å²) in [7, 11) is 0. The summed E-state index contributed by atoms with van der Waals surface area (Å²) in [5, 5.41) is 3.43. The second kappa shape index (κ2) is 8.25. The van der Waals surface area contributed by atoms with Gasteiger partial charge in [0.05, 0.1) is 0 Å². The lowest BCUT2D eigenvalue weighted by Gasteiger charge is -2.33. The van der Waals surface area contributed by atoms with Crippen molar-refractivity contribution in [2.75, 3.05) is 19.6 Å². The summed E-state index contributed by atoms with van der Waals surface area (Å²) in [6, 6.07) is 6.05. The Morgan fingerprint density at radius 3 is 2.95 bits per heavy atom. The van der Waals surface area contributed by atoms with Crippen LogP contribution in [0.3, 0.4) is 0 Å². The van der Waals surface area contributed by atoms with E-state index in [9.17, 15) is 4.39 Å². The lowest BCUT2D eigenvalue weighted by molar-refractivity contribution is 0.158. The minimum absolute atomic E-state index is 0.0527. The minimum atomic E-state index is -0.144. The molecule has 1 fully saturated rings. The van der Waals surface area contributed by atoms with Gasteiger partial charge in [0.25, 0.3) is 0 Å². The van der Waals surface area contributed by atoms with E-state index in [1.54, 1.807) is 0 Å². The predicted octanol–water partition coefficient (Wildman–Crippen LogP) is 4.50. The maximum atomic E-state index is 13.9. The van der Waals surface area contributed by atoms with Crippen LogP contribution in [-0.4, -0.2) is 30.6 Å². The van der Waals surface area contributed by atoms with Crippen molar-refractivity contribution in [3.63, 3.8) is 0 Å². The largest absolute Gasteiger partial charge is 0.310 e. The van der Waals surface area contributed by atoms with Crippen molar-refractivity contribution in [3.05, 3.63) is 34.1 Å². The Balaban J connectivity index is 1.72. The van der Waals surface area contributed by atoms with E-state index in [0.29, 0.717) is 0 Å². The summed E-state index contributed by atoms with van der Waals surface area (Å²) >= 11 is 3.29. The quantitative estimate of drug-likeness (QED) is 0.754. The fourth-order valence-electron chi connectivity index (χ4n) is 3.05. The smallest absolute Gasteiger partial charge is 0.129 e. The molecule has 0 aromatic heterocycles. The molecule has 0 bridgehead atoms. The zero-order chi connectivity index (χ0) is 15.2. The maximum Gasteiger partial charge on any atom is 0.129 e. The molecular weight excluding hydrogens is 331 g/mol. The van der Waals surface area contributed by atoms with Gasteiger partial charge >= 0.3 is 0 Å². The highest BCUT2D eigenvalue weighted by atomic mass is 79.9. The fourth-order valence-corrected chi connectivity index (χ4v) is 3.39. The summed E-state index contributed by atoms with van der Waals surface area (Å²) in [4.78, 5) is 2.58. The van der Waals surface area contributed by atoms with Crippen LogP contribution in [0.5, 0.6) is 0 Å². The van der Waals surface area contributed by atoms with Crippen molar-refractivity contribution in [3.8, 4) is 0 Å². The topological polar surface area (TPSA) is 15.3 Å². The molecule has 1 aliphatic heterocycles. The van der Waals surface area contributed by atoms with Gasteiger partial charge in [0, 0.05) is 22.1 Å². The molecule has 118 valence electrons. The van der Waals surface area contributed by atoms with Crippen molar-refractivity contribution in [1.29, 1.82) is 0 Å². The average Bonchev–Trinajstić information content (AvgIpc) is 2.45. The monoisotopic (exact) mass is 356 g/mol. The molecule has 2 unspecified atom stereocenters. The third-order valence-corrected chi connectivity index (χ3v) is 4.94. The highest BCUT2D eigenvalue weighted by Crippen LogP contribution is 2.21. The van der Waals surface area contributed by atoms with Gasteiger partial charge in [-0.15, -0.1) is 0 Å². The van der Waals surface area contributed by atoms with Crippen LogP contribution in [0, 0.1) is 5.82 Å². The van der Waals surface area contributed by atoms with E-state index < -0.39 is 0 Å². The van der Waals surface area contributed by atoms with E-state index in [4.69, 9.17) is 0 Å². The molecule has 0 spiro atoms. The first-order valence-electron chi connectivity index (χ1n) is 8.00.